The maximum Gasteiger partial charge on any atom is -0.00201 e. The second-order valence-electron chi connectivity index (χ2n) is 24.0. The lowest BCUT2D eigenvalue weighted by atomic mass is 9.81. The van der Waals surface area contributed by atoms with Gasteiger partial charge in [-0.3, -0.25) is 0 Å². The standard InChI is InChI=1S/2C46H30/c2*1-3-19-33-31(15-1)17-13-29-35(33)37-21-5-7-23-39(37)45-41-25-9-11-27-43(41)46(44-28-12-10-26-42(44)45)40-24-8-6-22-38(40)36-30-14-18-32-16-2-4-20-34(32)36/h2*1-30H. The van der Waals surface area contributed by atoms with Crippen LogP contribution in [-0.2, 0) is 0 Å². The van der Waals surface area contributed by atoms with Gasteiger partial charge in [-0.05, 0) is 175 Å². The summed E-state index contributed by atoms with van der Waals surface area (Å²) in [6.07, 6.45) is 0. The Balaban J connectivity index is 0.000000141. The summed E-state index contributed by atoms with van der Waals surface area (Å²) in [7, 11) is 0. The van der Waals surface area contributed by atoms with Crippen LogP contribution in [0, 0.1) is 0 Å². The molecule has 0 aliphatic carbocycles. The summed E-state index contributed by atoms with van der Waals surface area (Å²) in [5.74, 6) is 0. The number of hydrogen-bond acceptors (Lipinski definition) is 0. The molecule has 0 atom stereocenters. The fourth-order valence-corrected chi connectivity index (χ4v) is 15.0. The van der Waals surface area contributed by atoms with Crippen LogP contribution in [0.15, 0.2) is 364 Å². The van der Waals surface area contributed by atoms with E-state index in [1.165, 1.54) is 175 Å². The highest BCUT2D eigenvalue weighted by atomic mass is 14.3. The zero-order valence-corrected chi connectivity index (χ0v) is 50.6. The van der Waals surface area contributed by atoms with Gasteiger partial charge in [0.15, 0.2) is 0 Å². The third kappa shape index (κ3) is 9.23. The Kier molecular flexibility index (Phi) is 13.7. The highest BCUT2D eigenvalue weighted by Crippen LogP contribution is 2.51. The van der Waals surface area contributed by atoms with Crippen LogP contribution >= 0.6 is 0 Å². The number of benzene rings is 18. The molecule has 0 saturated carbocycles. The van der Waals surface area contributed by atoms with E-state index < -0.39 is 0 Å². The molecule has 0 bridgehead atoms. The molecule has 0 heteroatoms. The molecule has 0 fully saturated rings. The van der Waals surface area contributed by atoms with E-state index in [4.69, 9.17) is 0 Å². The van der Waals surface area contributed by atoms with Gasteiger partial charge in [0.1, 0.15) is 0 Å². The summed E-state index contributed by atoms with van der Waals surface area (Å²) in [6, 6.07) is 133. The lowest BCUT2D eigenvalue weighted by Gasteiger charge is -2.21. The molecule has 0 saturated heterocycles. The summed E-state index contributed by atoms with van der Waals surface area (Å²) >= 11 is 0. The predicted octanol–water partition coefficient (Wildman–Crippen LogP) is 25.9. The number of fused-ring (bicyclic) bond motifs is 8. The maximum absolute atomic E-state index is 2.31. The fraction of sp³-hybridized carbons (Fsp3) is 0. The molecule has 0 amide bonds. The van der Waals surface area contributed by atoms with Gasteiger partial charge in [-0.2, -0.15) is 0 Å². The van der Waals surface area contributed by atoms with Gasteiger partial charge in [-0.25, -0.2) is 0 Å². The van der Waals surface area contributed by atoms with E-state index in [2.05, 4.69) is 364 Å². The van der Waals surface area contributed by atoms with Crippen molar-refractivity contribution in [3.63, 3.8) is 0 Å². The lowest BCUT2D eigenvalue weighted by molar-refractivity contribution is 1.62. The molecule has 0 aliphatic heterocycles. The molecule has 0 nitrogen and oxygen atoms in total. The Morgan fingerprint density at radius 1 is 0.0870 bits per heavy atom. The van der Waals surface area contributed by atoms with Crippen molar-refractivity contribution < 1.29 is 0 Å². The minimum Gasteiger partial charge on any atom is -0.0616 e. The van der Waals surface area contributed by atoms with E-state index in [0.29, 0.717) is 0 Å². The van der Waals surface area contributed by atoms with E-state index in [1.807, 2.05) is 0 Å². The molecule has 428 valence electrons. The van der Waals surface area contributed by atoms with Gasteiger partial charge >= 0.3 is 0 Å². The molecule has 0 aromatic heterocycles. The normalized spacial score (nSPS) is 11.5. The lowest BCUT2D eigenvalue weighted by Crippen LogP contribution is -1.94. The average Bonchev–Trinajstić information content (AvgIpc) is 3.04. The van der Waals surface area contributed by atoms with Gasteiger partial charge < -0.3 is 0 Å². The van der Waals surface area contributed by atoms with Gasteiger partial charge in [0.2, 0.25) is 0 Å². The Hall–Kier alpha value is -12.0. The first-order valence-corrected chi connectivity index (χ1v) is 31.9. The number of rotatable bonds is 8. The minimum absolute atomic E-state index is 1.25. The molecule has 18 aromatic rings. The van der Waals surface area contributed by atoms with Crippen molar-refractivity contribution in [2.75, 3.05) is 0 Å². The summed E-state index contributed by atoms with van der Waals surface area (Å²) in [4.78, 5) is 0. The van der Waals surface area contributed by atoms with Crippen molar-refractivity contribution in [3.8, 4) is 89.0 Å². The van der Waals surface area contributed by atoms with Crippen LogP contribution in [0.25, 0.3) is 175 Å². The topological polar surface area (TPSA) is 0 Å². The average molecular weight is 1170 g/mol. The van der Waals surface area contributed by atoms with E-state index in [-0.39, 0.29) is 0 Å². The smallest absolute Gasteiger partial charge is 0.00201 e. The predicted molar refractivity (Wildman–Crippen MR) is 396 cm³/mol. The molecule has 0 heterocycles. The summed E-state index contributed by atoms with van der Waals surface area (Å²) < 4.78 is 0. The molecule has 0 spiro atoms. The van der Waals surface area contributed by atoms with Crippen LogP contribution in [0.3, 0.4) is 0 Å². The fourth-order valence-electron chi connectivity index (χ4n) is 15.0. The zero-order chi connectivity index (χ0) is 60.9. The molecule has 92 heavy (non-hydrogen) atoms. The Morgan fingerprint density at radius 2 is 0.217 bits per heavy atom. The van der Waals surface area contributed by atoms with E-state index in [1.54, 1.807) is 0 Å². The molecule has 18 rings (SSSR count). The Bertz CT molecular complexity index is 5040. The van der Waals surface area contributed by atoms with Gasteiger partial charge in [0.25, 0.3) is 0 Å². The second-order valence-corrected chi connectivity index (χ2v) is 24.0. The summed E-state index contributed by atoms with van der Waals surface area (Å²) in [5, 5.41) is 20.2. The van der Waals surface area contributed by atoms with Crippen LogP contribution in [0.1, 0.15) is 0 Å². The Morgan fingerprint density at radius 3 is 0.413 bits per heavy atom. The summed E-state index contributed by atoms with van der Waals surface area (Å²) in [5.41, 5.74) is 20.1. The highest BCUT2D eigenvalue weighted by molar-refractivity contribution is 6.26. The van der Waals surface area contributed by atoms with Crippen LogP contribution < -0.4 is 0 Å². The van der Waals surface area contributed by atoms with Crippen molar-refractivity contribution in [1.82, 2.24) is 0 Å². The molecule has 0 aliphatic rings. The Labute approximate surface area is 535 Å². The molecule has 0 radical (unpaired) electrons. The summed E-state index contributed by atoms with van der Waals surface area (Å²) in [6.45, 7) is 0. The largest absolute Gasteiger partial charge is 0.0616 e. The van der Waals surface area contributed by atoms with E-state index >= 15 is 0 Å². The second kappa shape index (κ2) is 23.2. The molecule has 0 unspecified atom stereocenters. The molecule has 0 N–H and O–H groups in total. The molecular formula is C92H60. The van der Waals surface area contributed by atoms with Gasteiger partial charge in [0, 0.05) is 0 Å². The first kappa shape index (κ1) is 54.2. The van der Waals surface area contributed by atoms with E-state index in [9.17, 15) is 0 Å². The number of hydrogen-bond donors (Lipinski definition) is 0. The zero-order valence-electron chi connectivity index (χ0n) is 50.6. The molecule has 18 aromatic carbocycles. The van der Waals surface area contributed by atoms with Crippen LogP contribution in [0.2, 0.25) is 0 Å². The maximum atomic E-state index is 2.31. The van der Waals surface area contributed by atoms with Crippen LogP contribution in [-0.4, -0.2) is 0 Å². The van der Waals surface area contributed by atoms with E-state index in [0.717, 1.165) is 0 Å². The van der Waals surface area contributed by atoms with Crippen molar-refractivity contribution >= 4 is 86.2 Å². The monoisotopic (exact) mass is 1160 g/mol. The van der Waals surface area contributed by atoms with Crippen molar-refractivity contribution in [1.29, 1.82) is 0 Å². The van der Waals surface area contributed by atoms with Crippen molar-refractivity contribution in [2.24, 2.45) is 0 Å². The third-order valence-corrected chi connectivity index (χ3v) is 19.0. The van der Waals surface area contributed by atoms with Crippen molar-refractivity contribution in [3.05, 3.63) is 364 Å². The quantitative estimate of drug-likeness (QED) is 0.133. The van der Waals surface area contributed by atoms with Crippen molar-refractivity contribution in [2.45, 2.75) is 0 Å². The first-order valence-electron chi connectivity index (χ1n) is 31.9. The minimum atomic E-state index is 1.25. The SMILES string of the molecule is c1ccc(-c2c3ccccc3c(-c3ccccc3-c3cccc4ccccc34)c3ccccc23)c(-c2cccc3ccccc23)c1.c1ccc(-c2c3ccccc3c(-c3ccccc3-c3cccc4ccccc34)c3ccccc23)c(-c2cccc3ccccc23)c1. The van der Waals surface area contributed by atoms with Crippen LogP contribution in [0.4, 0.5) is 0 Å². The van der Waals surface area contributed by atoms with Gasteiger partial charge in [0.05, 0.1) is 0 Å². The third-order valence-electron chi connectivity index (χ3n) is 19.0. The van der Waals surface area contributed by atoms with Gasteiger partial charge in [-0.1, -0.05) is 364 Å². The first-order chi connectivity index (χ1) is 45.7. The van der Waals surface area contributed by atoms with Crippen LogP contribution in [0.5, 0.6) is 0 Å². The van der Waals surface area contributed by atoms with Gasteiger partial charge in [-0.15, -0.1) is 0 Å². The highest BCUT2D eigenvalue weighted by Gasteiger charge is 2.24. The molecular weight excluding hydrogens is 1110 g/mol.